The largest absolute Gasteiger partial charge is 0.399 e. The lowest BCUT2D eigenvalue weighted by molar-refractivity contribution is -0.0195. The smallest absolute Gasteiger partial charge is 0.251 e. The summed E-state index contributed by atoms with van der Waals surface area (Å²) in [4.78, 5) is 12.1. The van der Waals surface area contributed by atoms with Crippen LogP contribution in [0, 0.1) is 17.8 Å². The zero-order valence-corrected chi connectivity index (χ0v) is 15.6. The number of hydrogen-bond acceptors (Lipinski definition) is 3. The minimum atomic E-state index is -0.0305. The van der Waals surface area contributed by atoms with Crippen molar-refractivity contribution in [3.8, 4) is 0 Å². The average molecular weight is 364 g/mol. The molecule has 0 atom stereocenters. The first-order chi connectivity index (χ1) is 11.6. The fourth-order valence-corrected chi connectivity index (χ4v) is 5.75. The predicted octanol–water partition coefficient (Wildman–Crippen LogP) is 3.37. The molecule has 1 aromatic carbocycles. The minimum absolute atomic E-state index is 0. The third-order valence-corrected chi connectivity index (χ3v) is 6.33. The van der Waals surface area contributed by atoms with E-state index in [9.17, 15) is 4.79 Å². The summed E-state index contributed by atoms with van der Waals surface area (Å²) in [5.74, 6) is 2.91. The van der Waals surface area contributed by atoms with Gasteiger partial charge in [0.15, 0.2) is 0 Å². The van der Waals surface area contributed by atoms with Gasteiger partial charge in [0.1, 0.15) is 0 Å². The third-order valence-electron chi connectivity index (χ3n) is 6.33. The van der Waals surface area contributed by atoms with Crippen LogP contribution in [-0.2, 0) is 0 Å². The van der Waals surface area contributed by atoms with E-state index in [2.05, 4.69) is 10.6 Å². The highest BCUT2D eigenvalue weighted by Gasteiger charge is 2.50. The van der Waals surface area contributed by atoms with Crippen molar-refractivity contribution in [3.63, 3.8) is 0 Å². The SMILES string of the molecule is Cl.Nc1cccc(C(=O)NCCCNC23CC4CC(CC(C4)C2)C3)c1. The number of nitrogens with two attached hydrogens (primary N) is 1. The van der Waals surface area contributed by atoms with Crippen molar-refractivity contribution in [1.29, 1.82) is 0 Å². The van der Waals surface area contributed by atoms with E-state index in [-0.39, 0.29) is 18.3 Å². The second kappa shape index (κ2) is 7.55. The van der Waals surface area contributed by atoms with E-state index >= 15 is 0 Å². The van der Waals surface area contributed by atoms with Gasteiger partial charge in [0, 0.05) is 23.3 Å². The van der Waals surface area contributed by atoms with Gasteiger partial charge in [-0.05, 0) is 87.4 Å². The van der Waals surface area contributed by atoms with Crippen molar-refractivity contribution in [3.05, 3.63) is 29.8 Å². The van der Waals surface area contributed by atoms with E-state index in [1.165, 1.54) is 38.5 Å². The summed E-state index contributed by atoms with van der Waals surface area (Å²) in [6.45, 7) is 1.72. The van der Waals surface area contributed by atoms with Crippen LogP contribution in [0.1, 0.15) is 55.3 Å². The molecule has 4 nitrogen and oxygen atoms in total. The first kappa shape index (κ1) is 18.5. The van der Waals surface area contributed by atoms with E-state index in [1.807, 2.05) is 6.07 Å². The van der Waals surface area contributed by atoms with Crippen LogP contribution in [0.5, 0.6) is 0 Å². The van der Waals surface area contributed by atoms with E-state index in [0.29, 0.717) is 23.3 Å². The summed E-state index contributed by atoms with van der Waals surface area (Å²) >= 11 is 0. The van der Waals surface area contributed by atoms with Crippen molar-refractivity contribution >= 4 is 24.0 Å². The number of rotatable bonds is 6. The van der Waals surface area contributed by atoms with Crippen LogP contribution in [-0.4, -0.2) is 24.5 Å². The van der Waals surface area contributed by atoms with Crippen molar-refractivity contribution in [1.82, 2.24) is 10.6 Å². The van der Waals surface area contributed by atoms with E-state index < -0.39 is 0 Å². The molecule has 1 aromatic rings. The number of anilines is 1. The molecule has 0 heterocycles. The van der Waals surface area contributed by atoms with Gasteiger partial charge in [-0.3, -0.25) is 4.79 Å². The topological polar surface area (TPSA) is 67.2 Å². The second-order valence-corrected chi connectivity index (χ2v) is 8.36. The molecule has 5 heteroatoms. The highest BCUT2D eigenvalue weighted by atomic mass is 35.5. The normalized spacial score (nSPS) is 32.2. The molecule has 138 valence electrons. The molecule has 5 rings (SSSR count). The molecule has 0 radical (unpaired) electrons. The summed E-state index contributed by atoms with van der Waals surface area (Å²) in [5, 5.41) is 6.88. The molecule has 0 unspecified atom stereocenters. The molecule has 4 saturated carbocycles. The summed E-state index contributed by atoms with van der Waals surface area (Å²) in [6, 6.07) is 7.15. The zero-order valence-electron chi connectivity index (χ0n) is 14.8. The molecule has 4 bridgehead atoms. The Labute approximate surface area is 156 Å². The fourth-order valence-electron chi connectivity index (χ4n) is 5.75. The number of halogens is 1. The Morgan fingerprint density at radius 3 is 2.32 bits per heavy atom. The fraction of sp³-hybridized carbons (Fsp3) is 0.650. The monoisotopic (exact) mass is 363 g/mol. The molecular formula is C20H30ClN3O. The van der Waals surface area contributed by atoms with Gasteiger partial charge in [-0.15, -0.1) is 12.4 Å². The highest BCUT2D eigenvalue weighted by molar-refractivity contribution is 5.94. The molecule has 4 fully saturated rings. The maximum Gasteiger partial charge on any atom is 0.251 e. The van der Waals surface area contributed by atoms with E-state index in [4.69, 9.17) is 5.73 Å². The average Bonchev–Trinajstić information content (AvgIpc) is 2.53. The molecule has 4 aliphatic rings. The van der Waals surface area contributed by atoms with Crippen LogP contribution in [0.15, 0.2) is 24.3 Å². The number of hydrogen-bond donors (Lipinski definition) is 3. The first-order valence-electron chi connectivity index (χ1n) is 9.51. The van der Waals surface area contributed by atoms with Crippen LogP contribution in [0.4, 0.5) is 5.69 Å². The number of carbonyl (C=O) groups is 1. The van der Waals surface area contributed by atoms with E-state index in [0.717, 1.165) is 30.7 Å². The van der Waals surface area contributed by atoms with Crippen LogP contribution in [0.2, 0.25) is 0 Å². The number of benzene rings is 1. The van der Waals surface area contributed by atoms with Crippen molar-refractivity contribution < 1.29 is 4.79 Å². The van der Waals surface area contributed by atoms with Gasteiger partial charge in [0.25, 0.3) is 5.91 Å². The van der Waals surface area contributed by atoms with Gasteiger partial charge in [-0.1, -0.05) is 6.07 Å². The molecule has 0 aliphatic heterocycles. The second-order valence-electron chi connectivity index (χ2n) is 8.36. The number of carbonyl (C=O) groups excluding carboxylic acids is 1. The van der Waals surface area contributed by atoms with Crippen LogP contribution >= 0.6 is 12.4 Å². The quantitative estimate of drug-likeness (QED) is 0.536. The Morgan fingerprint density at radius 1 is 1.08 bits per heavy atom. The van der Waals surface area contributed by atoms with Gasteiger partial charge in [0.2, 0.25) is 0 Å². The van der Waals surface area contributed by atoms with Crippen LogP contribution in [0.25, 0.3) is 0 Å². The molecule has 0 aromatic heterocycles. The lowest BCUT2D eigenvalue weighted by Gasteiger charge is -2.57. The van der Waals surface area contributed by atoms with Gasteiger partial charge >= 0.3 is 0 Å². The molecule has 25 heavy (non-hydrogen) atoms. The van der Waals surface area contributed by atoms with Gasteiger partial charge in [-0.2, -0.15) is 0 Å². The Bertz CT molecular complexity index is 583. The molecule has 4 N–H and O–H groups in total. The number of nitrogens with one attached hydrogen (secondary N) is 2. The number of nitrogen functional groups attached to an aromatic ring is 1. The van der Waals surface area contributed by atoms with Crippen LogP contribution in [0.3, 0.4) is 0 Å². The summed E-state index contributed by atoms with van der Waals surface area (Å²) in [6.07, 6.45) is 9.58. The summed E-state index contributed by atoms with van der Waals surface area (Å²) in [7, 11) is 0. The third kappa shape index (κ3) is 4.12. The van der Waals surface area contributed by atoms with Crippen molar-refractivity contribution in [2.75, 3.05) is 18.8 Å². The Hall–Kier alpha value is -1.26. The molecular weight excluding hydrogens is 334 g/mol. The molecule has 0 spiro atoms. The lowest BCUT2D eigenvalue weighted by Crippen LogP contribution is -2.58. The van der Waals surface area contributed by atoms with Crippen molar-refractivity contribution in [2.45, 2.75) is 50.5 Å². The zero-order chi connectivity index (χ0) is 16.6. The van der Waals surface area contributed by atoms with Crippen molar-refractivity contribution in [2.24, 2.45) is 17.8 Å². The maximum absolute atomic E-state index is 12.1. The Morgan fingerprint density at radius 2 is 1.72 bits per heavy atom. The standard InChI is InChI=1S/C20H29N3O.ClH/c21-18-4-1-3-17(10-18)19(24)22-5-2-6-23-20-11-14-7-15(12-20)9-16(8-14)13-20;/h1,3-4,10,14-16,23H,2,5-9,11-13,21H2,(H,22,24);1H. The minimum Gasteiger partial charge on any atom is -0.399 e. The van der Waals surface area contributed by atoms with Crippen LogP contribution < -0.4 is 16.4 Å². The van der Waals surface area contributed by atoms with Gasteiger partial charge < -0.3 is 16.4 Å². The lowest BCUT2D eigenvalue weighted by atomic mass is 9.53. The van der Waals surface area contributed by atoms with Gasteiger partial charge in [0.05, 0.1) is 0 Å². The highest BCUT2D eigenvalue weighted by Crippen LogP contribution is 2.55. The summed E-state index contributed by atoms with van der Waals surface area (Å²) in [5.41, 5.74) is 7.42. The van der Waals surface area contributed by atoms with E-state index in [1.54, 1.807) is 18.2 Å². The maximum atomic E-state index is 12.1. The van der Waals surface area contributed by atoms with Gasteiger partial charge in [-0.25, -0.2) is 0 Å². The molecule has 1 amide bonds. The Kier molecular flexibility index (Phi) is 5.59. The summed E-state index contributed by atoms with van der Waals surface area (Å²) < 4.78 is 0. The molecule has 4 aliphatic carbocycles. The Balaban J connectivity index is 0.00000182. The predicted molar refractivity (Wildman–Crippen MR) is 104 cm³/mol. The molecule has 0 saturated heterocycles. The first-order valence-corrected chi connectivity index (χ1v) is 9.51. The number of amides is 1.